The van der Waals surface area contributed by atoms with Crippen LogP contribution >= 0.6 is 11.8 Å². The highest BCUT2D eigenvalue weighted by atomic mass is 32.2. The van der Waals surface area contributed by atoms with Gasteiger partial charge in [0.15, 0.2) is 11.7 Å². The predicted molar refractivity (Wildman–Crippen MR) is 94.6 cm³/mol. The lowest BCUT2D eigenvalue weighted by atomic mass is 10.3. The lowest BCUT2D eigenvalue weighted by molar-refractivity contribution is -0.705. The Bertz CT molecular complexity index is 996. The lowest BCUT2D eigenvalue weighted by Gasteiger charge is -2.15. The zero-order valence-corrected chi connectivity index (χ0v) is 15.7. The van der Waals surface area contributed by atoms with Crippen molar-refractivity contribution < 1.29 is 37.0 Å². The first-order valence-electron chi connectivity index (χ1n) is 8.21. The van der Waals surface area contributed by atoms with Crippen LogP contribution in [0, 0.1) is 0 Å². The molecule has 1 N–H and O–H groups in total. The Balaban J connectivity index is 1.76. The highest BCUT2D eigenvalue weighted by Crippen LogP contribution is 2.32. The van der Waals surface area contributed by atoms with Crippen molar-refractivity contribution in [1.29, 1.82) is 0 Å². The van der Waals surface area contributed by atoms with Crippen LogP contribution in [0.5, 0.6) is 11.7 Å². The topological polar surface area (TPSA) is 91.3 Å². The average Bonchev–Trinajstić information content (AvgIpc) is 3.03. The van der Waals surface area contributed by atoms with Crippen LogP contribution in [0.2, 0.25) is 0 Å². The Hall–Kier alpha value is -3.21. The Labute approximate surface area is 167 Å². The quantitative estimate of drug-likeness (QED) is 0.482. The van der Waals surface area contributed by atoms with Crippen molar-refractivity contribution in [3.63, 3.8) is 0 Å². The molecule has 29 heavy (non-hydrogen) atoms. The highest BCUT2D eigenvalue weighted by Gasteiger charge is 2.33. The monoisotopic (exact) mass is 425 g/mol. The van der Waals surface area contributed by atoms with E-state index in [1.54, 1.807) is 30.3 Å². The maximum atomic E-state index is 12.5. The zero-order valence-electron chi connectivity index (χ0n) is 14.8. The standard InChI is InChI=1S/C18H14F3N3O4S/c1-11(15(25)22-13-9-5-6-10-14(13)27-18(19,20)21)29-16-17(26)28-23-24(16)12-7-3-2-4-8-12/h2-11H,1H3,(H-,22,23,25,26). The van der Waals surface area contributed by atoms with E-state index < -0.39 is 29.2 Å². The van der Waals surface area contributed by atoms with Crippen molar-refractivity contribution in [1.82, 2.24) is 5.27 Å². The first-order valence-corrected chi connectivity index (χ1v) is 9.09. The van der Waals surface area contributed by atoms with E-state index in [-0.39, 0.29) is 10.7 Å². The van der Waals surface area contributed by atoms with Crippen LogP contribution in [-0.2, 0) is 4.79 Å². The van der Waals surface area contributed by atoms with Crippen LogP contribution in [-0.4, -0.2) is 22.8 Å². The minimum Gasteiger partial charge on any atom is -0.538 e. The fourth-order valence-corrected chi connectivity index (χ4v) is 3.18. The summed E-state index contributed by atoms with van der Waals surface area (Å²) in [7, 11) is 0. The lowest BCUT2D eigenvalue weighted by Crippen LogP contribution is -2.36. The van der Waals surface area contributed by atoms with E-state index in [4.69, 9.17) is 0 Å². The van der Waals surface area contributed by atoms with Gasteiger partial charge >= 0.3 is 6.36 Å². The van der Waals surface area contributed by atoms with Crippen LogP contribution in [0.1, 0.15) is 6.92 Å². The summed E-state index contributed by atoms with van der Waals surface area (Å²) in [4.78, 5) is 12.5. The molecule has 0 aliphatic rings. The number of anilines is 1. The van der Waals surface area contributed by atoms with Gasteiger partial charge in [-0.1, -0.05) is 30.3 Å². The van der Waals surface area contributed by atoms with Crippen LogP contribution in [0.15, 0.2) is 64.1 Å². The molecule has 0 saturated carbocycles. The minimum absolute atomic E-state index is 0.0543. The summed E-state index contributed by atoms with van der Waals surface area (Å²) in [5.41, 5.74) is 0.406. The van der Waals surface area contributed by atoms with Gasteiger partial charge in [-0.2, -0.15) is 0 Å². The molecule has 1 heterocycles. The second-order valence-electron chi connectivity index (χ2n) is 5.71. The molecular formula is C18H14F3N3O4S. The molecule has 0 aliphatic heterocycles. The van der Waals surface area contributed by atoms with Gasteiger partial charge in [0, 0.05) is 12.1 Å². The number of hydrogen-bond acceptors (Lipinski definition) is 6. The molecule has 1 atom stereocenters. The number of thioether (sulfide) groups is 1. The average molecular weight is 425 g/mol. The number of nitrogens with one attached hydrogen (secondary N) is 1. The summed E-state index contributed by atoms with van der Waals surface area (Å²) < 4.78 is 47.4. The number of alkyl halides is 3. The van der Waals surface area contributed by atoms with E-state index in [0.29, 0.717) is 5.69 Å². The fourth-order valence-electron chi connectivity index (χ4n) is 2.31. The molecule has 1 amide bonds. The van der Waals surface area contributed by atoms with Gasteiger partial charge in [0.05, 0.1) is 16.2 Å². The maximum Gasteiger partial charge on any atom is 0.573 e. The largest absolute Gasteiger partial charge is 0.573 e. The summed E-state index contributed by atoms with van der Waals surface area (Å²) in [6, 6.07) is 13.8. The Morgan fingerprint density at radius 3 is 2.55 bits per heavy atom. The molecule has 3 rings (SSSR count). The second kappa shape index (κ2) is 8.43. The number of hydrogen-bond donors (Lipinski definition) is 1. The summed E-state index contributed by atoms with van der Waals surface area (Å²) in [6.07, 6.45) is -4.90. The number of benzene rings is 2. The number of carbonyl (C=O) groups is 1. The van der Waals surface area contributed by atoms with Crippen molar-refractivity contribution in [3.05, 3.63) is 54.6 Å². The van der Waals surface area contributed by atoms with Crippen molar-refractivity contribution in [2.45, 2.75) is 23.6 Å². The third-order valence-corrected chi connectivity index (χ3v) is 4.73. The summed E-state index contributed by atoms with van der Waals surface area (Å²) in [5.74, 6) is -1.91. The molecule has 7 nitrogen and oxygen atoms in total. The SMILES string of the molecule is CC(Sc1c([O-])on[n+]1-c1ccccc1)C(=O)Nc1ccccc1OC(F)(F)F. The Morgan fingerprint density at radius 1 is 1.21 bits per heavy atom. The molecular weight excluding hydrogens is 411 g/mol. The minimum atomic E-state index is -4.90. The molecule has 0 saturated heterocycles. The van der Waals surface area contributed by atoms with Gasteiger partial charge in [-0.25, -0.2) is 0 Å². The zero-order chi connectivity index (χ0) is 21.0. The smallest absolute Gasteiger partial charge is 0.538 e. The van der Waals surface area contributed by atoms with E-state index >= 15 is 0 Å². The van der Waals surface area contributed by atoms with Gasteiger partial charge in [-0.15, -0.1) is 13.2 Å². The van der Waals surface area contributed by atoms with Crippen LogP contribution in [0.4, 0.5) is 18.9 Å². The number of halogens is 3. The van der Waals surface area contributed by atoms with Gasteiger partial charge in [-0.3, -0.25) is 4.79 Å². The molecule has 1 aromatic heterocycles. The number of aromatic nitrogens is 2. The molecule has 3 aromatic rings. The van der Waals surface area contributed by atoms with E-state index in [1.165, 1.54) is 29.8 Å². The fraction of sp³-hybridized carbons (Fsp3) is 0.167. The Morgan fingerprint density at radius 2 is 1.86 bits per heavy atom. The van der Waals surface area contributed by atoms with Gasteiger partial charge in [0.2, 0.25) is 11.6 Å². The van der Waals surface area contributed by atoms with Gasteiger partial charge in [0.1, 0.15) is 0 Å². The summed E-state index contributed by atoms with van der Waals surface area (Å²) in [6.45, 7) is 1.50. The number of amides is 1. The first-order chi connectivity index (χ1) is 13.7. The van der Waals surface area contributed by atoms with E-state index in [1.807, 2.05) is 0 Å². The molecule has 0 spiro atoms. The van der Waals surface area contributed by atoms with Crippen molar-refractivity contribution >= 4 is 23.4 Å². The van der Waals surface area contributed by atoms with E-state index in [9.17, 15) is 23.1 Å². The number of rotatable bonds is 6. The summed E-state index contributed by atoms with van der Waals surface area (Å²) >= 11 is 0.864. The number of carbonyl (C=O) groups excluding carboxylic acids is 1. The van der Waals surface area contributed by atoms with Crippen molar-refractivity contribution in [3.8, 4) is 17.4 Å². The molecule has 2 aromatic carbocycles. The third kappa shape index (κ3) is 5.19. The molecule has 0 fully saturated rings. The van der Waals surface area contributed by atoms with Crippen LogP contribution in [0.3, 0.4) is 0 Å². The predicted octanol–water partition coefficient (Wildman–Crippen LogP) is 3.04. The first kappa shape index (κ1) is 20.5. The van der Waals surface area contributed by atoms with E-state index in [2.05, 4.69) is 19.8 Å². The molecule has 11 heteroatoms. The van der Waals surface area contributed by atoms with Crippen LogP contribution < -0.4 is 19.8 Å². The van der Waals surface area contributed by atoms with Gasteiger partial charge in [-0.05, 0) is 35.5 Å². The number of nitrogens with zero attached hydrogens (tertiary/aromatic N) is 2. The van der Waals surface area contributed by atoms with Crippen molar-refractivity contribution in [2.75, 3.05) is 5.32 Å². The summed E-state index contributed by atoms with van der Waals surface area (Å²) in [5, 5.41) is 17.2. The number of ether oxygens (including phenoxy) is 1. The van der Waals surface area contributed by atoms with Crippen LogP contribution in [0.25, 0.3) is 5.69 Å². The van der Waals surface area contributed by atoms with E-state index in [0.717, 1.165) is 17.8 Å². The molecule has 152 valence electrons. The van der Waals surface area contributed by atoms with Crippen molar-refractivity contribution in [2.24, 2.45) is 0 Å². The van der Waals surface area contributed by atoms with Gasteiger partial charge in [0.25, 0.3) is 5.03 Å². The molecule has 0 bridgehead atoms. The number of para-hydroxylation sites is 3. The van der Waals surface area contributed by atoms with Gasteiger partial charge < -0.3 is 19.7 Å². The molecule has 0 radical (unpaired) electrons. The molecule has 0 aliphatic carbocycles. The Kier molecular flexibility index (Phi) is 5.97. The second-order valence-corrected chi connectivity index (χ2v) is 7.04. The molecule has 1 unspecified atom stereocenters. The normalized spacial score (nSPS) is 12.4. The maximum absolute atomic E-state index is 12.5. The third-order valence-electron chi connectivity index (χ3n) is 3.60. The highest BCUT2D eigenvalue weighted by molar-refractivity contribution is 8.00.